The van der Waals surface area contributed by atoms with Crippen LogP contribution in [0.4, 0.5) is 10.8 Å². The quantitative estimate of drug-likeness (QED) is 0.342. The summed E-state index contributed by atoms with van der Waals surface area (Å²) in [5.41, 5.74) is 2.32. The Morgan fingerprint density at radius 1 is 1.00 bits per heavy atom. The molecule has 0 fully saturated rings. The zero-order valence-electron chi connectivity index (χ0n) is 15.6. The molecule has 0 spiro atoms. The van der Waals surface area contributed by atoms with Crippen molar-refractivity contribution in [2.75, 3.05) is 5.32 Å². The topological polar surface area (TPSA) is 76.7 Å². The zero-order valence-corrected chi connectivity index (χ0v) is 18.1. The molecule has 0 bridgehead atoms. The Kier molecular flexibility index (Phi) is 5.74. The first kappa shape index (κ1) is 19.1. The Morgan fingerprint density at radius 2 is 1.82 bits per heavy atom. The summed E-state index contributed by atoms with van der Waals surface area (Å²) in [6, 6.07) is 12.3. The molecule has 3 aromatic heterocycles. The summed E-state index contributed by atoms with van der Waals surface area (Å²) in [6.45, 7) is 6.39. The summed E-state index contributed by atoms with van der Waals surface area (Å²) >= 11 is 4.64. The van der Waals surface area contributed by atoms with Crippen LogP contribution in [0.5, 0.6) is 0 Å². The van der Waals surface area contributed by atoms with Crippen molar-refractivity contribution in [1.29, 1.82) is 0 Å². The molecular formula is C19H19N5OS3. The molecule has 144 valence electrons. The second-order valence-electron chi connectivity index (χ2n) is 6.46. The van der Waals surface area contributed by atoms with E-state index in [2.05, 4.69) is 63.8 Å². The van der Waals surface area contributed by atoms with Gasteiger partial charge in [0.25, 0.3) is 5.89 Å². The van der Waals surface area contributed by atoms with Gasteiger partial charge in [0.05, 0.1) is 10.1 Å². The number of anilines is 2. The Hall–Kier alpha value is -2.23. The number of thiophene rings is 1. The van der Waals surface area contributed by atoms with Crippen molar-refractivity contribution >= 4 is 45.3 Å². The number of benzene rings is 1. The van der Waals surface area contributed by atoms with Crippen LogP contribution in [0.3, 0.4) is 0 Å². The van der Waals surface area contributed by atoms with E-state index in [4.69, 9.17) is 4.42 Å². The van der Waals surface area contributed by atoms with Crippen molar-refractivity contribution in [3.8, 4) is 10.8 Å². The van der Waals surface area contributed by atoms with Crippen LogP contribution < -0.4 is 5.32 Å². The van der Waals surface area contributed by atoms with E-state index in [1.807, 2.05) is 24.4 Å². The number of thioether (sulfide) groups is 1. The summed E-state index contributed by atoms with van der Waals surface area (Å²) in [5.74, 6) is 1.66. The Bertz CT molecular complexity index is 1020. The van der Waals surface area contributed by atoms with Gasteiger partial charge in [0, 0.05) is 5.69 Å². The van der Waals surface area contributed by atoms with Crippen LogP contribution in [0, 0.1) is 0 Å². The molecule has 0 aliphatic carbocycles. The van der Waals surface area contributed by atoms with Gasteiger partial charge in [-0.2, -0.15) is 0 Å². The van der Waals surface area contributed by atoms with Crippen LogP contribution in [0.2, 0.25) is 0 Å². The molecule has 1 aromatic carbocycles. The van der Waals surface area contributed by atoms with E-state index >= 15 is 0 Å². The van der Waals surface area contributed by atoms with E-state index in [0.717, 1.165) is 20.0 Å². The second-order valence-corrected chi connectivity index (χ2v) is 9.97. The molecule has 0 radical (unpaired) electrons. The Balaban J connectivity index is 1.39. The Labute approximate surface area is 175 Å². The highest BCUT2D eigenvalue weighted by Crippen LogP contribution is 2.38. The van der Waals surface area contributed by atoms with Crippen LogP contribution in [0.1, 0.15) is 43.4 Å². The monoisotopic (exact) mass is 429 g/mol. The molecule has 3 heterocycles. The summed E-state index contributed by atoms with van der Waals surface area (Å²) in [5, 5.41) is 22.9. The molecule has 0 saturated carbocycles. The van der Waals surface area contributed by atoms with Crippen LogP contribution in [-0.4, -0.2) is 20.4 Å². The maximum absolute atomic E-state index is 5.80. The molecule has 0 amide bonds. The molecule has 1 N–H and O–H groups in total. The predicted octanol–water partition coefficient (Wildman–Crippen LogP) is 6.37. The third kappa shape index (κ3) is 4.43. The first-order chi connectivity index (χ1) is 13.6. The molecule has 28 heavy (non-hydrogen) atoms. The standard InChI is InChI=1S/C19H19N5OS3/c1-11(2)13-6-8-14(9-7-13)20-18-23-24-19(28-18)27-12(3)16-21-22-17(25-16)15-5-4-10-26-15/h4-12H,1-3H3,(H,20,23). The van der Waals surface area contributed by atoms with Crippen LogP contribution in [-0.2, 0) is 0 Å². The van der Waals surface area contributed by atoms with Gasteiger partial charge in [-0.3, -0.25) is 0 Å². The van der Waals surface area contributed by atoms with E-state index < -0.39 is 0 Å². The predicted molar refractivity (Wildman–Crippen MR) is 116 cm³/mol. The van der Waals surface area contributed by atoms with Gasteiger partial charge in [0.1, 0.15) is 0 Å². The average molecular weight is 430 g/mol. The third-order valence-corrected chi connectivity index (χ3v) is 6.90. The molecule has 0 aliphatic rings. The van der Waals surface area contributed by atoms with Crippen LogP contribution >= 0.6 is 34.4 Å². The zero-order chi connectivity index (χ0) is 19.5. The van der Waals surface area contributed by atoms with Crippen LogP contribution in [0.15, 0.2) is 50.5 Å². The third-order valence-electron chi connectivity index (χ3n) is 4.03. The van der Waals surface area contributed by atoms with E-state index in [1.165, 1.54) is 16.9 Å². The fraction of sp³-hybridized carbons (Fsp3) is 0.263. The Morgan fingerprint density at radius 3 is 2.54 bits per heavy atom. The highest BCUT2D eigenvalue weighted by molar-refractivity contribution is 8.01. The minimum Gasteiger partial charge on any atom is -0.419 e. The van der Waals surface area contributed by atoms with Crippen molar-refractivity contribution in [3.05, 3.63) is 53.2 Å². The molecule has 6 nitrogen and oxygen atoms in total. The lowest BCUT2D eigenvalue weighted by molar-refractivity contribution is 0.510. The molecule has 9 heteroatoms. The van der Waals surface area contributed by atoms with Gasteiger partial charge in [0.2, 0.25) is 11.0 Å². The molecule has 4 aromatic rings. The first-order valence-corrected chi connectivity index (χ1v) is 11.4. The minimum absolute atomic E-state index is 0.00709. The van der Waals surface area contributed by atoms with Gasteiger partial charge in [-0.15, -0.1) is 31.7 Å². The van der Waals surface area contributed by atoms with Gasteiger partial charge in [-0.25, -0.2) is 0 Å². The summed E-state index contributed by atoms with van der Waals surface area (Å²) in [6.07, 6.45) is 0. The highest BCUT2D eigenvalue weighted by Gasteiger charge is 2.19. The van der Waals surface area contributed by atoms with Crippen molar-refractivity contribution in [1.82, 2.24) is 20.4 Å². The number of hydrogen-bond donors (Lipinski definition) is 1. The van der Waals surface area contributed by atoms with Gasteiger partial charge in [-0.1, -0.05) is 55.1 Å². The van der Waals surface area contributed by atoms with Crippen molar-refractivity contribution in [3.63, 3.8) is 0 Å². The average Bonchev–Trinajstić information content (AvgIpc) is 3.44. The van der Waals surface area contributed by atoms with E-state index in [1.54, 1.807) is 23.1 Å². The lowest BCUT2D eigenvalue weighted by Gasteiger charge is -2.06. The van der Waals surface area contributed by atoms with Crippen LogP contribution in [0.25, 0.3) is 10.8 Å². The summed E-state index contributed by atoms with van der Waals surface area (Å²) < 4.78 is 6.65. The maximum Gasteiger partial charge on any atom is 0.257 e. The lowest BCUT2D eigenvalue weighted by atomic mass is 10.0. The molecule has 0 saturated heterocycles. The van der Waals surface area contributed by atoms with E-state index in [0.29, 0.717) is 17.7 Å². The molecular weight excluding hydrogens is 410 g/mol. The fourth-order valence-electron chi connectivity index (χ4n) is 2.48. The van der Waals surface area contributed by atoms with Gasteiger partial charge >= 0.3 is 0 Å². The fourth-order valence-corrected chi connectivity index (χ4v) is 5.07. The molecule has 1 unspecified atom stereocenters. The maximum atomic E-state index is 5.80. The van der Waals surface area contributed by atoms with Gasteiger partial charge < -0.3 is 9.73 Å². The molecule has 0 aliphatic heterocycles. The van der Waals surface area contributed by atoms with Gasteiger partial charge in [0.15, 0.2) is 4.34 Å². The first-order valence-electron chi connectivity index (χ1n) is 8.83. The number of nitrogens with one attached hydrogen (secondary N) is 1. The molecule has 4 rings (SSSR count). The largest absolute Gasteiger partial charge is 0.419 e. The van der Waals surface area contributed by atoms with Crippen molar-refractivity contribution in [2.24, 2.45) is 0 Å². The second kappa shape index (κ2) is 8.42. The molecule has 1 atom stereocenters. The number of rotatable bonds is 7. The normalized spacial score (nSPS) is 12.4. The highest BCUT2D eigenvalue weighted by atomic mass is 32.2. The lowest BCUT2D eigenvalue weighted by Crippen LogP contribution is -1.91. The number of nitrogens with zero attached hydrogens (tertiary/aromatic N) is 4. The number of hydrogen-bond acceptors (Lipinski definition) is 9. The SMILES string of the molecule is CC(C)c1ccc(Nc2nnc(SC(C)c3nnc(-c4cccs4)o3)s2)cc1. The minimum atomic E-state index is -0.00709. The van der Waals surface area contributed by atoms with Gasteiger partial charge in [-0.05, 0) is 42.0 Å². The van der Waals surface area contributed by atoms with E-state index in [9.17, 15) is 0 Å². The van der Waals surface area contributed by atoms with E-state index in [-0.39, 0.29) is 5.25 Å². The summed E-state index contributed by atoms with van der Waals surface area (Å²) in [4.78, 5) is 0.974. The van der Waals surface area contributed by atoms with Crippen molar-refractivity contribution in [2.45, 2.75) is 36.3 Å². The smallest absolute Gasteiger partial charge is 0.257 e. The summed E-state index contributed by atoms with van der Waals surface area (Å²) in [7, 11) is 0. The van der Waals surface area contributed by atoms with Crippen molar-refractivity contribution < 1.29 is 4.42 Å². The number of aromatic nitrogens is 4.